The molecule has 0 atom stereocenters. The fraction of sp³-hybridized carbons (Fsp3) is 0.471. The van der Waals surface area contributed by atoms with E-state index in [9.17, 15) is 4.39 Å². The average molecular weight is 287 g/mol. The van der Waals surface area contributed by atoms with E-state index in [1.165, 1.54) is 29.1 Å². The topological polar surface area (TPSA) is 29.9 Å². The Hall–Kier alpha value is -1.68. The van der Waals surface area contributed by atoms with Gasteiger partial charge in [0.2, 0.25) is 0 Å². The first-order valence-corrected chi connectivity index (χ1v) is 7.49. The second-order valence-corrected chi connectivity index (χ2v) is 6.73. The molecular weight excluding hydrogens is 265 g/mol. The third kappa shape index (κ3) is 2.86. The maximum atomic E-state index is 13.0. The molecule has 21 heavy (non-hydrogen) atoms. The van der Waals surface area contributed by atoms with Crippen molar-refractivity contribution < 1.29 is 4.39 Å². The van der Waals surface area contributed by atoms with Crippen LogP contribution in [-0.2, 0) is 24.9 Å². The third-order valence-corrected chi connectivity index (χ3v) is 3.96. The molecule has 1 aliphatic heterocycles. The Morgan fingerprint density at radius 1 is 1.24 bits per heavy atom. The summed E-state index contributed by atoms with van der Waals surface area (Å²) in [5.41, 5.74) is 4.96. The lowest BCUT2D eigenvalue weighted by molar-refractivity contribution is 0.539. The molecule has 0 bridgehead atoms. The van der Waals surface area contributed by atoms with Crippen molar-refractivity contribution in [1.82, 2.24) is 15.1 Å². The van der Waals surface area contributed by atoms with Gasteiger partial charge in [0, 0.05) is 36.2 Å². The van der Waals surface area contributed by atoms with Crippen LogP contribution in [0.5, 0.6) is 0 Å². The summed E-state index contributed by atoms with van der Waals surface area (Å²) >= 11 is 0. The van der Waals surface area contributed by atoms with E-state index in [4.69, 9.17) is 5.10 Å². The van der Waals surface area contributed by atoms with Gasteiger partial charge in [-0.25, -0.2) is 4.39 Å². The van der Waals surface area contributed by atoms with E-state index in [-0.39, 0.29) is 11.2 Å². The SMILES string of the molecule is CC(C)(C)c1nn(Cc2ccc(F)cc2)c2c1CNCC2. The first kappa shape index (κ1) is 14.3. The van der Waals surface area contributed by atoms with Crippen LogP contribution in [0.4, 0.5) is 4.39 Å². The maximum absolute atomic E-state index is 13.0. The van der Waals surface area contributed by atoms with E-state index in [2.05, 4.69) is 30.8 Å². The van der Waals surface area contributed by atoms with E-state index in [1.807, 2.05) is 12.1 Å². The van der Waals surface area contributed by atoms with Crippen molar-refractivity contribution in [3.63, 3.8) is 0 Å². The molecule has 4 heteroatoms. The molecule has 0 saturated carbocycles. The molecule has 0 radical (unpaired) electrons. The first-order chi connectivity index (χ1) is 9.95. The monoisotopic (exact) mass is 287 g/mol. The first-order valence-electron chi connectivity index (χ1n) is 7.49. The van der Waals surface area contributed by atoms with Crippen molar-refractivity contribution in [1.29, 1.82) is 0 Å². The van der Waals surface area contributed by atoms with Crippen molar-refractivity contribution in [3.8, 4) is 0 Å². The molecule has 1 aromatic carbocycles. The predicted molar refractivity (Wildman–Crippen MR) is 81.8 cm³/mol. The zero-order chi connectivity index (χ0) is 15.0. The minimum absolute atomic E-state index is 0.0388. The van der Waals surface area contributed by atoms with Gasteiger partial charge in [0.1, 0.15) is 5.82 Å². The number of halogens is 1. The minimum Gasteiger partial charge on any atom is -0.312 e. The Labute approximate surface area is 125 Å². The molecule has 0 spiro atoms. The molecule has 1 N–H and O–H groups in total. The number of nitrogens with zero attached hydrogens (tertiary/aromatic N) is 2. The van der Waals surface area contributed by atoms with Gasteiger partial charge in [-0.3, -0.25) is 4.68 Å². The predicted octanol–water partition coefficient (Wildman–Crippen LogP) is 3.01. The normalized spacial score (nSPS) is 15.0. The summed E-state index contributed by atoms with van der Waals surface area (Å²) in [7, 11) is 0. The van der Waals surface area contributed by atoms with E-state index < -0.39 is 0 Å². The molecule has 3 rings (SSSR count). The molecular formula is C17H22FN3. The molecule has 0 unspecified atom stereocenters. The Kier molecular flexibility index (Phi) is 3.57. The highest BCUT2D eigenvalue weighted by molar-refractivity contribution is 5.33. The van der Waals surface area contributed by atoms with Crippen LogP contribution in [0.3, 0.4) is 0 Å². The lowest BCUT2D eigenvalue weighted by Crippen LogP contribution is -2.26. The van der Waals surface area contributed by atoms with Gasteiger partial charge in [0.05, 0.1) is 12.2 Å². The number of hydrogen-bond donors (Lipinski definition) is 1. The lowest BCUT2D eigenvalue weighted by atomic mass is 9.88. The van der Waals surface area contributed by atoms with Gasteiger partial charge in [0.15, 0.2) is 0 Å². The summed E-state index contributed by atoms with van der Waals surface area (Å²) in [6.07, 6.45) is 1.000. The van der Waals surface area contributed by atoms with Crippen molar-refractivity contribution >= 4 is 0 Å². The molecule has 112 valence electrons. The third-order valence-electron chi connectivity index (χ3n) is 3.96. The molecule has 0 fully saturated rings. The van der Waals surface area contributed by atoms with Crippen molar-refractivity contribution in [3.05, 3.63) is 52.6 Å². The molecule has 0 amide bonds. The van der Waals surface area contributed by atoms with Crippen molar-refractivity contribution in [2.45, 2.75) is 45.7 Å². The molecule has 0 aliphatic carbocycles. The largest absolute Gasteiger partial charge is 0.312 e. The van der Waals surface area contributed by atoms with Gasteiger partial charge in [-0.2, -0.15) is 5.10 Å². The van der Waals surface area contributed by atoms with Crippen LogP contribution in [0, 0.1) is 5.82 Å². The van der Waals surface area contributed by atoms with Crippen LogP contribution in [0.15, 0.2) is 24.3 Å². The molecule has 1 aliphatic rings. The second-order valence-electron chi connectivity index (χ2n) is 6.73. The highest BCUT2D eigenvalue weighted by Gasteiger charge is 2.27. The maximum Gasteiger partial charge on any atom is 0.123 e. The molecule has 1 aromatic heterocycles. The smallest absolute Gasteiger partial charge is 0.123 e. The van der Waals surface area contributed by atoms with E-state index >= 15 is 0 Å². The van der Waals surface area contributed by atoms with Gasteiger partial charge in [-0.1, -0.05) is 32.9 Å². The quantitative estimate of drug-likeness (QED) is 0.920. The highest BCUT2D eigenvalue weighted by Crippen LogP contribution is 2.29. The minimum atomic E-state index is -0.194. The summed E-state index contributed by atoms with van der Waals surface area (Å²) in [5.74, 6) is -0.194. The van der Waals surface area contributed by atoms with Crippen LogP contribution in [-0.4, -0.2) is 16.3 Å². The summed E-state index contributed by atoms with van der Waals surface area (Å²) in [5, 5.41) is 8.30. The number of nitrogens with one attached hydrogen (secondary N) is 1. The highest BCUT2D eigenvalue weighted by atomic mass is 19.1. The lowest BCUT2D eigenvalue weighted by Gasteiger charge is -2.20. The number of benzene rings is 1. The summed E-state index contributed by atoms with van der Waals surface area (Å²) in [4.78, 5) is 0. The fourth-order valence-corrected chi connectivity index (χ4v) is 2.92. The Morgan fingerprint density at radius 2 is 1.95 bits per heavy atom. The molecule has 2 heterocycles. The Morgan fingerprint density at radius 3 is 2.62 bits per heavy atom. The van der Waals surface area contributed by atoms with Gasteiger partial charge < -0.3 is 5.32 Å². The summed E-state index contributed by atoms with van der Waals surface area (Å²) < 4.78 is 15.1. The second kappa shape index (κ2) is 5.26. The van der Waals surface area contributed by atoms with E-state index in [0.717, 1.165) is 25.1 Å². The van der Waals surface area contributed by atoms with Gasteiger partial charge in [-0.15, -0.1) is 0 Å². The number of aromatic nitrogens is 2. The van der Waals surface area contributed by atoms with Crippen LogP contribution in [0.25, 0.3) is 0 Å². The van der Waals surface area contributed by atoms with Crippen molar-refractivity contribution in [2.75, 3.05) is 6.54 Å². The average Bonchev–Trinajstić information content (AvgIpc) is 2.81. The Bertz CT molecular complexity index is 635. The van der Waals surface area contributed by atoms with Crippen molar-refractivity contribution in [2.24, 2.45) is 0 Å². The van der Waals surface area contributed by atoms with E-state index in [0.29, 0.717) is 6.54 Å². The van der Waals surface area contributed by atoms with Gasteiger partial charge in [0.25, 0.3) is 0 Å². The van der Waals surface area contributed by atoms with E-state index in [1.54, 1.807) is 0 Å². The van der Waals surface area contributed by atoms with Gasteiger partial charge in [-0.05, 0) is 17.7 Å². The van der Waals surface area contributed by atoms with Crippen LogP contribution in [0.1, 0.15) is 43.3 Å². The molecule has 2 aromatic rings. The molecule has 3 nitrogen and oxygen atoms in total. The number of hydrogen-bond acceptors (Lipinski definition) is 2. The van der Waals surface area contributed by atoms with Crippen LogP contribution < -0.4 is 5.32 Å². The molecule has 0 saturated heterocycles. The number of rotatable bonds is 2. The zero-order valence-electron chi connectivity index (χ0n) is 12.9. The van der Waals surface area contributed by atoms with Gasteiger partial charge >= 0.3 is 0 Å². The standard InChI is InChI=1S/C17H22FN3/c1-17(2,3)16-14-10-19-9-8-15(14)21(20-16)11-12-4-6-13(18)7-5-12/h4-7,19H,8-11H2,1-3H3. The van der Waals surface area contributed by atoms with Crippen LogP contribution in [0.2, 0.25) is 0 Å². The summed E-state index contributed by atoms with van der Waals surface area (Å²) in [6, 6.07) is 6.69. The fourth-order valence-electron chi connectivity index (χ4n) is 2.92. The van der Waals surface area contributed by atoms with Crippen LogP contribution >= 0.6 is 0 Å². The zero-order valence-corrected chi connectivity index (χ0v) is 12.9. The Balaban J connectivity index is 1.98. The summed E-state index contributed by atoms with van der Waals surface area (Å²) in [6.45, 7) is 9.20. The number of fused-ring (bicyclic) bond motifs is 1.